The average molecular weight is 428 g/mol. The number of aromatic nitrogens is 1. The fourth-order valence-electron chi connectivity index (χ4n) is 5.17. The van der Waals surface area contributed by atoms with Crippen LogP contribution in [0.25, 0.3) is 11.1 Å². The Labute approximate surface area is 189 Å². The van der Waals surface area contributed by atoms with E-state index in [2.05, 4.69) is 15.9 Å². The molecule has 1 atom stereocenters. The number of anilines is 2. The van der Waals surface area contributed by atoms with Gasteiger partial charge in [0.15, 0.2) is 0 Å². The lowest BCUT2D eigenvalue weighted by atomic mass is 9.98. The zero-order chi connectivity index (χ0) is 21.8. The van der Waals surface area contributed by atoms with Gasteiger partial charge in [0.1, 0.15) is 11.9 Å². The summed E-state index contributed by atoms with van der Waals surface area (Å²) in [5.41, 5.74) is 10.5. The lowest BCUT2D eigenvalue weighted by Gasteiger charge is -2.43. The summed E-state index contributed by atoms with van der Waals surface area (Å²) < 4.78 is 0. The molecule has 0 unspecified atom stereocenters. The molecule has 2 N–H and O–H groups in total. The number of nitrogens with zero attached hydrogens (tertiary/aromatic N) is 4. The molecule has 2 heterocycles. The van der Waals surface area contributed by atoms with Gasteiger partial charge >= 0.3 is 0 Å². The van der Waals surface area contributed by atoms with Crippen LogP contribution in [0.3, 0.4) is 0 Å². The van der Waals surface area contributed by atoms with Crippen molar-refractivity contribution in [3.05, 3.63) is 41.6 Å². The van der Waals surface area contributed by atoms with E-state index < -0.39 is 0 Å². The van der Waals surface area contributed by atoms with Crippen LogP contribution in [0, 0.1) is 23.2 Å². The second-order valence-electron chi connectivity index (χ2n) is 9.96. The van der Waals surface area contributed by atoms with E-state index in [4.69, 9.17) is 10.7 Å². The molecule has 0 radical (unpaired) electrons. The number of nitrogen functional groups attached to an aromatic ring is 1. The Balaban J connectivity index is 1.35. The fourth-order valence-corrected chi connectivity index (χ4v) is 5.17. The molecule has 2 aromatic rings. The molecular formula is C26H29N5O. The van der Waals surface area contributed by atoms with Crippen molar-refractivity contribution in [2.45, 2.75) is 50.5 Å². The fraction of sp³-hybridized carbons (Fsp3) is 0.500. The minimum Gasteiger partial charge on any atom is -0.399 e. The Bertz CT molecular complexity index is 1110. The van der Waals surface area contributed by atoms with E-state index in [1.165, 1.54) is 12.8 Å². The largest absolute Gasteiger partial charge is 0.399 e. The Morgan fingerprint density at radius 3 is 2.56 bits per heavy atom. The maximum Gasteiger partial charge on any atom is 0.226 e. The van der Waals surface area contributed by atoms with Crippen molar-refractivity contribution in [3.63, 3.8) is 0 Å². The Hall–Kier alpha value is -3.07. The predicted octanol–water partition coefficient (Wildman–Crippen LogP) is 3.92. The van der Waals surface area contributed by atoms with Crippen LogP contribution >= 0.6 is 0 Å². The van der Waals surface area contributed by atoms with Crippen molar-refractivity contribution in [1.29, 1.82) is 5.26 Å². The summed E-state index contributed by atoms with van der Waals surface area (Å²) in [6.07, 6.45) is 6.78. The number of piperazine rings is 1. The second-order valence-corrected chi connectivity index (χ2v) is 9.96. The molecule has 1 saturated heterocycles. The molecule has 6 heteroatoms. The number of hydrogen-bond donors (Lipinski definition) is 1. The molecule has 1 aromatic heterocycles. The highest BCUT2D eigenvalue weighted by molar-refractivity contribution is 5.82. The van der Waals surface area contributed by atoms with E-state index in [9.17, 15) is 10.1 Å². The quantitative estimate of drug-likeness (QED) is 0.731. The molecule has 6 nitrogen and oxygen atoms in total. The molecule has 3 saturated carbocycles. The van der Waals surface area contributed by atoms with Crippen LogP contribution < -0.4 is 10.6 Å². The lowest BCUT2D eigenvalue weighted by Crippen LogP contribution is -2.57. The zero-order valence-corrected chi connectivity index (χ0v) is 18.3. The van der Waals surface area contributed by atoms with E-state index in [0.717, 1.165) is 73.6 Å². The van der Waals surface area contributed by atoms with Gasteiger partial charge in [0.05, 0.1) is 17.3 Å². The average Bonchev–Trinajstić information content (AvgIpc) is 3.66. The molecule has 0 bridgehead atoms. The predicted molar refractivity (Wildman–Crippen MR) is 124 cm³/mol. The van der Waals surface area contributed by atoms with Gasteiger partial charge in [-0.05, 0) is 68.2 Å². The zero-order valence-electron chi connectivity index (χ0n) is 18.3. The lowest BCUT2D eigenvalue weighted by molar-refractivity contribution is -0.135. The number of carbonyl (C=O) groups is 1. The summed E-state index contributed by atoms with van der Waals surface area (Å²) in [5.74, 6) is 2.46. The van der Waals surface area contributed by atoms with E-state index in [0.29, 0.717) is 23.3 Å². The minimum atomic E-state index is 0.253. The first-order valence-corrected chi connectivity index (χ1v) is 12.0. The van der Waals surface area contributed by atoms with Crippen molar-refractivity contribution in [3.8, 4) is 17.2 Å². The number of carbonyl (C=O) groups excluding carboxylic acids is 1. The second kappa shape index (κ2) is 7.51. The summed E-state index contributed by atoms with van der Waals surface area (Å²) in [5, 5.41) is 10.0. The smallest absolute Gasteiger partial charge is 0.226 e. The molecule has 164 valence electrons. The number of hydrogen-bond acceptors (Lipinski definition) is 5. The molecular weight excluding hydrogens is 398 g/mol. The summed E-state index contributed by atoms with van der Waals surface area (Å²) in [6, 6.07) is 12.5. The maximum atomic E-state index is 12.9. The van der Waals surface area contributed by atoms with Crippen LogP contribution in [0.1, 0.15) is 55.7 Å². The van der Waals surface area contributed by atoms with E-state index in [1.807, 2.05) is 30.3 Å². The van der Waals surface area contributed by atoms with Gasteiger partial charge < -0.3 is 15.5 Å². The van der Waals surface area contributed by atoms with Crippen LogP contribution in [-0.4, -0.2) is 41.5 Å². The van der Waals surface area contributed by atoms with Crippen molar-refractivity contribution in [2.24, 2.45) is 11.8 Å². The summed E-state index contributed by atoms with van der Waals surface area (Å²) >= 11 is 0. The topological polar surface area (TPSA) is 86.2 Å². The minimum absolute atomic E-state index is 0.253. The number of nitriles is 1. The van der Waals surface area contributed by atoms with Crippen LogP contribution in [0.4, 0.5) is 11.5 Å². The highest BCUT2D eigenvalue weighted by Crippen LogP contribution is 2.46. The van der Waals surface area contributed by atoms with E-state index in [1.54, 1.807) is 0 Å². The van der Waals surface area contributed by atoms with Gasteiger partial charge in [0, 0.05) is 42.7 Å². The molecule has 32 heavy (non-hydrogen) atoms. The van der Waals surface area contributed by atoms with Gasteiger partial charge in [-0.2, -0.15) is 5.26 Å². The first-order valence-electron chi connectivity index (χ1n) is 12.0. The Morgan fingerprint density at radius 2 is 1.91 bits per heavy atom. The SMILES string of the molecule is N#Cc1cc(-c2cccc(N)c2)c(C2CC2)nc1N1CCN(C(=O)C2CC2)[C@H](C2CC2)C1. The monoisotopic (exact) mass is 427 g/mol. The van der Waals surface area contributed by atoms with Crippen LogP contribution in [0.15, 0.2) is 30.3 Å². The van der Waals surface area contributed by atoms with Crippen LogP contribution in [-0.2, 0) is 4.79 Å². The van der Waals surface area contributed by atoms with Crippen molar-refractivity contribution in [2.75, 3.05) is 30.3 Å². The molecule has 1 aliphatic heterocycles. The molecule has 3 aliphatic carbocycles. The Morgan fingerprint density at radius 1 is 1.09 bits per heavy atom. The number of benzene rings is 1. The van der Waals surface area contributed by atoms with Crippen LogP contribution in [0.5, 0.6) is 0 Å². The third kappa shape index (κ3) is 3.60. The maximum absolute atomic E-state index is 12.9. The summed E-state index contributed by atoms with van der Waals surface area (Å²) in [7, 11) is 0. The number of amides is 1. The normalized spacial score (nSPS) is 23.2. The number of pyridine rings is 1. The Kier molecular flexibility index (Phi) is 4.60. The van der Waals surface area contributed by atoms with Crippen molar-refractivity contribution >= 4 is 17.4 Å². The van der Waals surface area contributed by atoms with Crippen molar-refractivity contribution in [1.82, 2.24) is 9.88 Å². The summed E-state index contributed by atoms with van der Waals surface area (Å²) in [6.45, 7) is 2.26. The summed E-state index contributed by atoms with van der Waals surface area (Å²) in [4.78, 5) is 22.4. The third-order valence-electron chi connectivity index (χ3n) is 7.41. The molecule has 1 amide bonds. The first-order chi connectivity index (χ1) is 15.6. The van der Waals surface area contributed by atoms with E-state index >= 15 is 0 Å². The number of rotatable bonds is 5. The van der Waals surface area contributed by atoms with Gasteiger partial charge in [-0.1, -0.05) is 12.1 Å². The van der Waals surface area contributed by atoms with Gasteiger partial charge in [-0.25, -0.2) is 4.98 Å². The van der Waals surface area contributed by atoms with Crippen LogP contribution in [0.2, 0.25) is 0 Å². The van der Waals surface area contributed by atoms with Gasteiger partial charge in [-0.3, -0.25) is 4.79 Å². The molecule has 0 spiro atoms. The third-order valence-corrected chi connectivity index (χ3v) is 7.41. The molecule has 1 aromatic carbocycles. The van der Waals surface area contributed by atoms with Gasteiger partial charge in [-0.15, -0.1) is 0 Å². The molecule has 6 rings (SSSR count). The van der Waals surface area contributed by atoms with Gasteiger partial charge in [0.25, 0.3) is 0 Å². The molecule has 4 fully saturated rings. The number of nitrogens with two attached hydrogens (primary N) is 1. The standard InChI is InChI=1S/C26H29N5O/c27-14-20-13-22(19-2-1-3-21(28)12-19)24(17-6-7-17)29-25(20)30-10-11-31(26(32)18-8-9-18)23(15-30)16-4-5-16/h1-3,12-13,16-18,23H,4-11,15,28H2/t23-/m0/s1. The van der Waals surface area contributed by atoms with Gasteiger partial charge in [0.2, 0.25) is 5.91 Å². The molecule has 4 aliphatic rings. The van der Waals surface area contributed by atoms with Crippen molar-refractivity contribution < 1.29 is 4.79 Å². The first kappa shape index (κ1) is 19.6. The highest BCUT2D eigenvalue weighted by atomic mass is 16.2. The van der Waals surface area contributed by atoms with E-state index in [-0.39, 0.29) is 12.0 Å². The highest BCUT2D eigenvalue weighted by Gasteiger charge is 2.45.